The van der Waals surface area contributed by atoms with Crippen molar-refractivity contribution in [3.8, 4) is 11.5 Å². The van der Waals surface area contributed by atoms with Gasteiger partial charge in [0.2, 0.25) is 0 Å². The van der Waals surface area contributed by atoms with Gasteiger partial charge in [-0.25, -0.2) is 5.43 Å². The Balaban J connectivity index is 1.91. The van der Waals surface area contributed by atoms with E-state index in [0.29, 0.717) is 5.56 Å². The lowest BCUT2D eigenvalue weighted by molar-refractivity contribution is -0.385. The largest absolute Gasteiger partial charge is 0.508 e. The number of rotatable bonds is 6. The zero-order valence-corrected chi connectivity index (χ0v) is 12.9. The van der Waals surface area contributed by atoms with Crippen molar-refractivity contribution in [1.29, 1.82) is 0 Å². The molecule has 9 heteroatoms. The number of phenols is 1. The third-order valence-electron chi connectivity index (χ3n) is 2.75. The fraction of sp³-hybridized carbons (Fsp3) is 0.0667. The van der Waals surface area contributed by atoms with Crippen LogP contribution in [-0.2, 0) is 4.79 Å². The Bertz CT molecular complexity index is 794. The summed E-state index contributed by atoms with van der Waals surface area (Å²) in [5, 5.41) is 24.1. The number of halogens is 1. The highest BCUT2D eigenvalue weighted by atomic mass is 35.5. The van der Waals surface area contributed by atoms with E-state index in [1.807, 2.05) is 0 Å². The van der Waals surface area contributed by atoms with Gasteiger partial charge >= 0.3 is 5.69 Å². The Kier molecular flexibility index (Phi) is 5.69. The van der Waals surface area contributed by atoms with Crippen LogP contribution in [0.15, 0.2) is 47.6 Å². The van der Waals surface area contributed by atoms with Crippen molar-refractivity contribution in [3.63, 3.8) is 0 Å². The quantitative estimate of drug-likeness (QED) is 0.472. The Morgan fingerprint density at radius 3 is 2.88 bits per heavy atom. The molecule has 8 nitrogen and oxygen atoms in total. The van der Waals surface area contributed by atoms with Crippen LogP contribution in [0.1, 0.15) is 5.56 Å². The number of hydrazone groups is 1. The van der Waals surface area contributed by atoms with Crippen LogP contribution < -0.4 is 10.2 Å². The monoisotopic (exact) mass is 349 g/mol. The van der Waals surface area contributed by atoms with Crippen molar-refractivity contribution in [2.24, 2.45) is 5.10 Å². The van der Waals surface area contributed by atoms with Crippen LogP contribution in [0.4, 0.5) is 5.69 Å². The molecule has 0 saturated carbocycles. The molecular formula is C15H12ClN3O5. The van der Waals surface area contributed by atoms with Crippen LogP contribution >= 0.6 is 11.6 Å². The number of carbonyl (C=O) groups is 1. The van der Waals surface area contributed by atoms with Gasteiger partial charge in [-0.2, -0.15) is 5.10 Å². The number of nitro groups is 1. The Labute approximate surface area is 141 Å². The first-order chi connectivity index (χ1) is 11.5. The number of nitrogens with zero attached hydrogens (tertiary/aromatic N) is 2. The number of ether oxygens (including phenoxy) is 1. The molecule has 0 heterocycles. The first-order valence-electron chi connectivity index (χ1n) is 6.63. The predicted octanol–water partition coefficient (Wildman–Crippen LogP) is 2.48. The minimum Gasteiger partial charge on any atom is -0.508 e. The molecule has 124 valence electrons. The summed E-state index contributed by atoms with van der Waals surface area (Å²) in [5.74, 6) is -0.601. The summed E-state index contributed by atoms with van der Waals surface area (Å²) in [5.41, 5.74) is 2.46. The number of hydrogen-bond acceptors (Lipinski definition) is 6. The maximum Gasteiger partial charge on any atom is 0.312 e. The molecule has 0 aliphatic rings. The highest BCUT2D eigenvalue weighted by molar-refractivity contribution is 6.30. The molecular weight excluding hydrogens is 338 g/mol. The van der Waals surface area contributed by atoms with Gasteiger partial charge in [0.05, 0.1) is 11.1 Å². The van der Waals surface area contributed by atoms with E-state index in [1.165, 1.54) is 30.5 Å². The Hall–Kier alpha value is -3.13. The lowest BCUT2D eigenvalue weighted by Crippen LogP contribution is -2.24. The lowest BCUT2D eigenvalue weighted by atomic mass is 10.2. The zero-order valence-electron chi connectivity index (χ0n) is 12.2. The summed E-state index contributed by atoms with van der Waals surface area (Å²) in [6, 6.07) is 10.1. The Morgan fingerprint density at radius 1 is 1.38 bits per heavy atom. The van der Waals surface area contributed by atoms with Crippen molar-refractivity contribution in [2.45, 2.75) is 0 Å². The molecule has 24 heavy (non-hydrogen) atoms. The number of phenolic OH excluding ortho intramolecular Hbond substituents is 1. The second-order valence-corrected chi connectivity index (χ2v) is 4.98. The van der Waals surface area contributed by atoms with Gasteiger partial charge in [-0.1, -0.05) is 23.7 Å². The van der Waals surface area contributed by atoms with Gasteiger partial charge in [-0.15, -0.1) is 0 Å². The summed E-state index contributed by atoms with van der Waals surface area (Å²) < 4.78 is 5.11. The summed E-state index contributed by atoms with van der Waals surface area (Å²) in [6.45, 7) is -0.458. The number of amides is 1. The fourth-order valence-corrected chi connectivity index (χ4v) is 1.88. The number of nitro benzene ring substituents is 1. The standard InChI is InChI=1S/C15H12ClN3O5/c16-11-4-5-14(13(7-11)19(22)23)24-9-15(21)18-17-8-10-2-1-3-12(20)6-10/h1-8,20H,9H2,(H,18,21)/b17-8-. The third kappa shape index (κ3) is 4.96. The molecule has 0 spiro atoms. The first-order valence-corrected chi connectivity index (χ1v) is 7.01. The van der Waals surface area contributed by atoms with E-state index < -0.39 is 17.4 Å². The van der Waals surface area contributed by atoms with Crippen LogP contribution in [0.5, 0.6) is 11.5 Å². The second kappa shape index (κ2) is 7.93. The molecule has 0 unspecified atom stereocenters. The zero-order chi connectivity index (χ0) is 17.5. The minimum atomic E-state index is -0.654. The van der Waals surface area contributed by atoms with Gasteiger partial charge in [-0.05, 0) is 29.8 Å². The second-order valence-electron chi connectivity index (χ2n) is 4.55. The summed E-state index contributed by atoms with van der Waals surface area (Å²) in [4.78, 5) is 21.9. The summed E-state index contributed by atoms with van der Waals surface area (Å²) >= 11 is 5.69. The third-order valence-corrected chi connectivity index (χ3v) is 2.98. The summed E-state index contributed by atoms with van der Waals surface area (Å²) in [6.07, 6.45) is 1.34. The van der Waals surface area contributed by atoms with Crippen molar-refractivity contribution < 1.29 is 19.6 Å². The molecule has 0 fully saturated rings. The average Bonchev–Trinajstić information content (AvgIpc) is 2.53. The highest BCUT2D eigenvalue weighted by Gasteiger charge is 2.16. The molecule has 1 amide bonds. The van der Waals surface area contributed by atoms with Gasteiger partial charge in [0.1, 0.15) is 5.75 Å². The highest BCUT2D eigenvalue weighted by Crippen LogP contribution is 2.29. The van der Waals surface area contributed by atoms with E-state index in [9.17, 15) is 20.0 Å². The van der Waals surface area contributed by atoms with Crippen molar-refractivity contribution in [1.82, 2.24) is 5.43 Å². The molecule has 0 bridgehead atoms. The van der Waals surface area contributed by atoms with Crippen molar-refractivity contribution >= 4 is 29.4 Å². The number of benzene rings is 2. The average molecular weight is 350 g/mol. The molecule has 2 N–H and O–H groups in total. The van der Waals surface area contributed by atoms with Crippen molar-refractivity contribution in [2.75, 3.05) is 6.61 Å². The molecule has 0 atom stereocenters. The van der Waals surface area contributed by atoms with Gasteiger partial charge < -0.3 is 9.84 Å². The van der Waals surface area contributed by atoms with Crippen LogP contribution in [-0.4, -0.2) is 28.8 Å². The van der Waals surface area contributed by atoms with Crippen LogP contribution in [0.2, 0.25) is 5.02 Å². The van der Waals surface area contributed by atoms with E-state index in [4.69, 9.17) is 16.3 Å². The molecule has 0 aliphatic heterocycles. The summed E-state index contributed by atoms with van der Waals surface area (Å²) in [7, 11) is 0. The fourth-order valence-electron chi connectivity index (χ4n) is 1.71. The van der Waals surface area contributed by atoms with E-state index in [2.05, 4.69) is 10.5 Å². The van der Waals surface area contributed by atoms with Gasteiger partial charge in [0, 0.05) is 11.1 Å². The molecule has 0 aromatic heterocycles. The molecule has 2 aromatic rings. The molecule has 0 radical (unpaired) electrons. The Morgan fingerprint density at radius 2 is 2.17 bits per heavy atom. The van der Waals surface area contributed by atoms with E-state index >= 15 is 0 Å². The smallest absolute Gasteiger partial charge is 0.312 e. The number of nitrogens with one attached hydrogen (secondary N) is 1. The van der Waals surface area contributed by atoms with Gasteiger partial charge in [0.15, 0.2) is 12.4 Å². The van der Waals surface area contributed by atoms with Crippen LogP contribution in [0, 0.1) is 10.1 Å². The topological polar surface area (TPSA) is 114 Å². The van der Waals surface area contributed by atoms with Crippen LogP contribution in [0.25, 0.3) is 0 Å². The lowest BCUT2D eigenvalue weighted by Gasteiger charge is -2.05. The number of carbonyl (C=O) groups excluding carboxylic acids is 1. The normalized spacial score (nSPS) is 10.5. The first kappa shape index (κ1) is 17.2. The van der Waals surface area contributed by atoms with E-state index in [0.717, 1.165) is 6.07 Å². The maximum absolute atomic E-state index is 11.6. The van der Waals surface area contributed by atoms with Crippen molar-refractivity contribution in [3.05, 3.63) is 63.2 Å². The van der Waals surface area contributed by atoms with E-state index in [1.54, 1.807) is 12.1 Å². The number of aromatic hydroxyl groups is 1. The van der Waals surface area contributed by atoms with Crippen LogP contribution in [0.3, 0.4) is 0 Å². The van der Waals surface area contributed by atoms with Gasteiger partial charge in [-0.3, -0.25) is 14.9 Å². The maximum atomic E-state index is 11.6. The number of hydrogen-bond donors (Lipinski definition) is 2. The SMILES string of the molecule is O=C(COc1ccc(Cl)cc1[N+](=O)[O-])N/N=C\c1cccc(O)c1. The van der Waals surface area contributed by atoms with E-state index in [-0.39, 0.29) is 22.2 Å². The predicted molar refractivity (Wildman–Crippen MR) is 87.4 cm³/mol. The minimum absolute atomic E-state index is 0.0727. The molecule has 2 rings (SSSR count). The van der Waals surface area contributed by atoms with Gasteiger partial charge in [0.25, 0.3) is 5.91 Å². The molecule has 0 saturated heterocycles. The molecule has 0 aliphatic carbocycles. The molecule has 2 aromatic carbocycles.